The lowest BCUT2D eigenvalue weighted by atomic mass is 9.96. The second-order valence-electron chi connectivity index (χ2n) is 5.66. The molecule has 0 fully saturated rings. The Morgan fingerprint density at radius 1 is 1.25 bits per heavy atom. The van der Waals surface area contributed by atoms with Gasteiger partial charge in [0.2, 0.25) is 0 Å². The normalized spacial score (nSPS) is 11.4. The average Bonchev–Trinajstić information content (AvgIpc) is 2.90. The Balaban J connectivity index is 2.06. The zero-order valence-electron chi connectivity index (χ0n) is 12.1. The van der Waals surface area contributed by atoms with E-state index < -0.39 is 0 Å². The third-order valence-electron chi connectivity index (χ3n) is 2.84. The SMILES string of the molecule is CC(C)(C)c1nc(NN)cc(NCCc2ccsc2)n1. The monoisotopic (exact) mass is 291 g/mol. The van der Waals surface area contributed by atoms with Gasteiger partial charge in [0.05, 0.1) is 0 Å². The van der Waals surface area contributed by atoms with Crippen molar-refractivity contribution in [1.29, 1.82) is 0 Å². The van der Waals surface area contributed by atoms with E-state index in [9.17, 15) is 0 Å². The van der Waals surface area contributed by atoms with E-state index in [0.29, 0.717) is 5.82 Å². The summed E-state index contributed by atoms with van der Waals surface area (Å²) in [6.07, 6.45) is 0.976. The van der Waals surface area contributed by atoms with Gasteiger partial charge in [-0.05, 0) is 28.8 Å². The Morgan fingerprint density at radius 3 is 2.60 bits per heavy atom. The molecule has 0 amide bonds. The molecule has 20 heavy (non-hydrogen) atoms. The molecule has 0 atom stereocenters. The van der Waals surface area contributed by atoms with Gasteiger partial charge < -0.3 is 10.7 Å². The molecule has 0 spiro atoms. The molecule has 0 unspecified atom stereocenters. The molecule has 2 aromatic heterocycles. The van der Waals surface area contributed by atoms with Gasteiger partial charge >= 0.3 is 0 Å². The van der Waals surface area contributed by atoms with Crippen LogP contribution in [0, 0.1) is 0 Å². The van der Waals surface area contributed by atoms with E-state index in [2.05, 4.69) is 58.3 Å². The first-order valence-electron chi connectivity index (χ1n) is 6.60. The maximum absolute atomic E-state index is 5.47. The molecule has 0 aliphatic rings. The largest absolute Gasteiger partial charge is 0.370 e. The summed E-state index contributed by atoms with van der Waals surface area (Å²) in [5.41, 5.74) is 3.82. The summed E-state index contributed by atoms with van der Waals surface area (Å²) in [4.78, 5) is 8.95. The van der Waals surface area contributed by atoms with Gasteiger partial charge in [-0.1, -0.05) is 20.8 Å². The highest BCUT2D eigenvalue weighted by Crippen LogP contribution is 2.22. The molecule has 5 nitrogen and oxygen atoms in total. The van der Waals surface area contributed by atoms with Crippen LogP contribution in [0.25, 0.3) is 0 Å². The quantitative estimate of drug-likeness (QED) is 0.583. The Kier molecular flexibility index (Phi) is 4.57. The van der Waals surface area contributed by atoms with Crippen molar-refractivity contribution in [3.8, 4) is 0 Å². The molecule has 108 valence electrons. The standard InChI is InChI=1S/C14H21N5S/c1-14(2,3)13-17-11(8-12(18-13)19-15)16-6-4-10-5-7-20-9-10/h5,7-9H,4,6,15H2,1-3H3,(H2,16,17,18,19). The molecule has 0 aliphatic carbocycles. The zero-order chi connectivity index (χ0) is 14.6. The number of hydrogen-bond acceptors (Lipinski definition) is 6. The minimum absolute atomic E-state index is 0.114. The van der Waals surface area contributed by atoms with Crippen LogP contribution in [0.2, 0.25) is 0 Å². The molecule has 0 aliphatic heterocycles. The van der Waals surface area contributed by atoms with Gasteiger partial charge in [-0.25, -0.2) is 15.8 Å². The molecule has 6 heteroatoms. The zero-order valence-corrected chi connectivity index (χ0v) is 12.9. The fourth-order valence-electron chi connectivity index (χ4n) is 1.72. The highest BCUT2D eigenvalue weighted by atomic mass is 32.1. The van der Waals surface area contributed by atoms with E-state index in [-0.39, 0.29) is 5.41 Å². The van der Waals surface area contributed by atoms with Crippen molar-refractivity contribution >= 4 is 23.0 Å². The molecule has 2 heterocycles. The van der Waals surface area contributed by atoms with Gasteiger partial charge in [-0.3, -0.25) is 0 Å². The fraction of sp³-hybridized carbons (Fsp3) is 0.429. The summed E-state index contributed by atoms with van der Waals surface area (Å²) < 4.78 is 0. The summed E-state index contributed by atoms with van der Waals surface area (Å²) in [6, 6.07) is 3.96. The summed E-state index contributed by atoms with van der Waals surface area (Å²) in [7, 11) is 0. The van der Waals surface area contributed by atoms with Crippen LogP contribution in [0.15, 0.2) is 22.9 Å². The van der Waals surface area contributed by atoms with Crippen molar-refractivity contribution in [3.63, 3.8) is 0 Å². The second-order valence-corrected chi connectivity index (χ2v) is 6.44. The smallest absolute Gasteiger partial charge is 0.145 e. The Morgan fingerprint density at radius 2 is 2.00 bits per heavy atom. The topological polar surface area (TPSA) is 75.9 Å². The predicted molar refractivity (Wildman–Crippen MR) is 85.1 cm³/mol. The fourth-order valence-corrected chi connectivity index (χ4v) is 2.42. The third kappa shape index (κ3) is 3.91. The number of nitrogens with zero attached hydrogens (tertiary/aromatic N) is 2. The number of hydrogen-bond donors (Lipinski definition) is 3. The van der Waals surface area contributed by atoms with Crippen molar-refractivity contribution in [2.45, 2.75) is 32.6 Å². The van der Waals surface area contributed by atoms with E-state index in [1.807, 2.05) is 6.07 Å². The molecule has 2 aromatic rings. The van der Waals surface area contributed by atoms with Crippen LogP contribution >= 0.6 is 11.3 Å². The molecule has 0 bridgehead atoms. The summed E-state index contributed by atoms with van der Waals surface area (Å²) in [5, 5.41) is 7.58. The predicted octanol–water partition coefficient (Wildman–Crippen LogP) is 2.78. The number of thiophene rings is 1. The van der Waals surface area contributed by atoms with Crippen LogP contribution in [0.1, 0.15) is 32.2 Å². The van der Waals surface area contributed by atoms with Gasteiger partial charge in [-0.2, -0.15) is 11.3 Å². The summed E-state index contributed by atoms with van der Waals surface area (Å²) >= 11 is 1.72. The van der Waals surface area contributed by atoms with Crippen LogP contribution in [0.3, 0.4) is 0 Å². The lowest BCUT2D eigenvalue weighted by Gasteiger charge is -2.18. The van der Waals surface area contributed by atoms with Crippen molar-refractivity contribution in [2.75, 3.05) is 17.3 Å². The molecular weight excluding hydrogens is 270 g/mol. The molecule has 0 saturated carbocycles. The Bertz CT molecular complexity index is 545. The van der Waals surface area contributed by atoms with Crippen molar-refractivity contribution in [3.05, 3.63) is 34.3 Å². The lowest BCUT2D eigenvalue weighted by Crippen LogP contribution is -2.20. The maximum atomic E-state index is 5.47. The van der Waals surface area contributed by atoms with Crippen molar-refractivity contribution in [2.24, 2.45) is 5.84 Å². The summed E-state index contributed by atoms with van der Waals surface area (Å²) in [5.74, 6) is 7.67. The van der Waals surface area contributed by atoms with Crippen LogP contribution in [-0.2, 0) is 11.8 Å². The first-order valence-corrected chi connectivity index (χ1v) is 7.54. The highest BCUT2D eigenvalue weighted by Gasteiger charge is 2.18. The van der Waals surface area contributed by atoms with Gasteiger partial charge in [0.25, 0.3) is 0 Å². The highest BCUT2D eigenvalue weighted by molar-refractivity contribution is 7.07. The third-order valence-corrected chi connectivity index (χ3v) is 3.58. The number of hydrazine groups is 1. The molecular formula is C14H21N5S. The van der Waals surface area contributed by atoms with E-state index in [0.717, 1.165) is 24.6 Å². The van der Waals surface area contributed by atoms with Gasteiger partial charge in [0, 0.05) is 18.0 Å². The van der Waals surface area contributed by atoms with E-state index in [1.54, 1.807) is 11.3 Å². The van der Waals surface area contributed by atoms with Crippen molar-refractivity contribution < 1.29 is 0 Å². The molecule has 0 saturated heterocycles. The van der Waals surface area contributed by atoms with Gasteiger partial charge in [-0.15, -0.1) is 0 Å². The van der Waals surface area contributed by atoms with E-state index in [4.69, 9.17) is 5.84 Å². The minimum Gasteiger partial charge on any atom is -0.370 e. The van der Waals surface area contributed by atoms with E-state index in [1.165, 1.54) is 5.56 Å². The molecule has 0 aromatic carbocycles. The number of nitrogen functional groups attached to an aromatic ring is 1. The molecule has 0 radical (unpaired) electrons. The van der Waals surface area contributed by atoms with Crippen LogP contribution in [0.5, 0.6) is 0 Å². The second kappa shape index (κ2) is 6.19. The number of nitrogens with one attached hydrogen (secondary N) is 2. The lowest BCUT2D eigenvalue weighted by molar-refractivity contribution is 0.546. The average molecular weight is 291 g/mol. The van der Waals surface area contributed by atoms with E-state index >= 15 is 0 Å². The van der Waals surface area contributed by atoms with Crippen LogP contribution < -0.4 is 16.6 Å². The number of rotatable bonds is 5. The minimum atomic E-state index is -0.114. The number of aromatic nitrogens is 2. The molecule has 4 N–H and O–H groups in total. The van der Waals surface area contributed by atoms with Gasteiger partial charge in [0.15, 0.2) is 0 Å². The summed E-state index contributed by atoms with van der Waals surface area (Å²) in [6.45, 7) is 7.08. The Labute approximate surface area is 123 Å². The van der Waals surface area contributed by atoms with Crippen molar-refractivity contribution in [1.82, 2.24) is 9.97 Å². The Hall–Kier alpha value is -1.66. The molecule has 2 rings (SSSR count). The van der Waals surface area contributed by atoms with Crippen LogP contribution in [-0.4, -0.2) is 16.5 Å². The van der Waals surface area contributed by atoms with Crippen LogP contribution in [0.4, 0.5) is 11.6 Å². The maximum Gasteiger partial charge on any atom is 0.145 e. The van der Waals surface area contributed by atoms with Gasteiger partial charge in [0.1, 0.15) is 17.5 Å². The number of nitrogens with two attached hydrogens (primary N) is 1. The first kappa shape index (κ1) is 14.7. The number of anilines is 2. The first-order chi connectivity index (χ1) is 9.49.